The summed E-state index contributed by atoms with van der Waals surface area (Å²) in [5.74, 6) is -0.660. The molecule has 8 nitrogen and oxygen atoms in total. The van der Waals surface area contributed by atoms with Crippen LogP contribution in [0.4, 0.5) is 11.4 Å². The van der Waals surface area contributed by atoms with Gasteiger partial charge in [-0.1, -0.05) is 6.07 Å². The largest absolute Gasteiger partial charge is 0.321 e. The van der Waals surface area contributed by atoms with Crippen molar-refractivity contribution in [2.45, 2.75) is 6.92 Å². The van der Waals surface area contributed by atoms with Crippen molar-refractivity contribution >= 4 is 33.6 Å². The van der Waals surface area contributed by atoms with Crippen LogP contribution in [0.5, 0.6) is 0 Å². The van der Waals surface area contributed by atoms with Crippen LogP contribution < -0.4 is 10.9 Å². The van der Waals surface area contributed by atoms with Gasteiger partial charge in [-0.2, -0.15) is 0 Å². The van der Waals surface area contributed by atoms with Crippen molar-refractivity contribution in [3.8, 4) is 0 Å². The van der Waals surface area contributed by atoms with Gasteiger partial charge in [0.1, 0.15) is 5.56 Å². The third-order valence-corrected chi connectivity index (χ3v) is 4.04. The predicted octanol–water partition coefficient (Wildman–Crippen LogP) is 2.22. The SMILES string of the molecule is Cc1ccc([N+](=O)[O-])cc1NC(=O)c1cnc2sccn2c1=O. The number of non-ortho nitro benzene ring substituents is 1. The molecule has 0 aliphatic carbocycles. The van der Waals surface area contributed by atoms with Gasteiger partial charge in [0.2, 0.25) is 0 Å². The van der Waals surface area contributed by atoms with Crippen molar-refractivity contribution in [3.05, 3.63) is 67.6 Å². The Hall–Kier alpha value is -3.07. The number of benzene rings is 1. The lowest BCUT2D eigenvalue weighted by Crippen LogP contribution is -2.26. The van der Waals surface area contributed by atoms with Crippen LogP contribution in [0.2, 0.25) is 0 Å². The molecule has 23 heavy (non-hydrogen) atoms. The zero-order chi connectivity index (χ0) is 16.6. The quantitative estimate of drug-likeness (QED) is 0.585. The van der Waals surface area contributed by atoms with Crippen LogP contribution in [-0.2, 0) is 0 Å². The number of hydrogen-bond acceptors (Lipinski definition) is 6. The van der Waals surface area contributed by atoms with Gasteiger partial charge in [-0.25, -0.2) is 4.98 Å². The van der Waals surface area contributed by atoms with Crippen LogP contribution in [0.15, 0.2) is 40.8 Å². The van der Waals surface area contributed by atoms with Gasteiger partial charge >= 0.3 is 0 Å². The molecule has 3 rings (SSSR count). The maximum atomic E-state index is 12.3. The molecule has 0 fully saturated rings. The number of nitro groups is 1. The van der Waals surface area contributed by atoms with Crippen LogP contribution in [0, 0.1) is 17.0 Å². The standard InChI is InChI=1S/C14H10N4O4S/c1-8-2-3-9(18(21)22)6-11(8)16-12(19)10-7-15-14-17(13(10)20)4-5-23-14/h2-7H,1H3,(H,16,19). The van der Waals surface area contributed by atoms with E-state index in [1.165, 1.54) is 46.3 Å². The molecule has 0 aliphatic rings. The normalized spacial score (nSPS) is 10.7. The fourth-order valence-electron chi connectivity index (χ4n) is 2.03. The molecule has 0 radical (unpaired) electrons. The molecule has 116 valence electrons. The first kappa shape index (κ1) is 14.9. The number of nitrogens with one attached hydrogen (secondary N) is 1. The predicted molar refractivity (Wildman–Crippen MR) is 85.1 cm³/mol. The fourth-order valence-corrected chi connectivity index (χ4v) is 2.70. The Balaban J connectivity index is 1.98. The van der Waals surface area contributed by atoms with E-state index in [9.17, 15) is 19.7 Å². The number of nitro benzene ring substituents is 1. The zero-order valence-corrected chi connectivity index (χ0v) is 12.7. The average molecular weight is 330 g/mol. The Morgan fingerprint density at radius 3 is 2.96 bits per heavy atom. The summed E-state index contributed by atoms with van der Waals surface area (Å²) in [5, 5.41) is 15.0. The number of carbonyl (C=O) groups is 1. The zero-order valence-electron chi connectivity index (χ0n) is 11.8. The molecular weight excluding hydrogens is 320 g/mol. The molecule has 0 spiro atoms. The summed E-state index contributed by atoms with van der Waals surface area (Å²) >= 11 is 1.28. The maximum Gasteiger partial charge on any atom is 0.271 e. The number of thiazole rings is 1. The smallest absolute Gasteiger partial charge is 0.271 e. The minimum Gasteiger partial charge on any atom is -0.321 e. The van der Waals surface area contributed by atoms with Gasteiger partial charge in [0.05, 0.1) is 10.6 Å². The van der Waals surface area contributed by atoms with Crippen LogP contribution in [0.1, 0.15) is 15.9 Å². The second-order valence-corrected chi connectivity index (χ2v) is 5.62. The summed E-state index contributed by atoms with van der Waals surface area (Å²) in [5.41, 5.74) is 0.158. The molecule has 0 aliphatic heterocycles. The number of fused-ring (bicyclic) bond motifs is 1. The lowest BCUT2D eigenvalue weighted by atomic mass is 10.1. The number of amides is 1. The van der Waals surface area contributed by atoms with Crippen LogP contribution >= 0.6 is 11.3 Å². The van der Waals surface area contributed by atoms with Crippen molar-refractivity contribution in [1.82, 2.24) is 9.38 Å². The van der Waals surface area contributed by atoms with E-state index in [0.717, 1.165) is 0 Å². The third kappa shape index (κ3) is 2.69. The molecule has 1 aromatic carbocycles. The molecule has 2 heterocycles. The first-order valence-electron chi connectivity index (χ1n) is 6.48. The molecule has 9 heteroatoms. The second kappa shape index (κ2) is 5.61. The number of anilines is 1. The van der Waals surface area contributed by atoms with E-state index >= 15 is 0 Å². The molecule has 0 saturated carbocycles. The van der Waals surface area contributed by atoms with Crippen LogP contribution in [-0.4, -0.2) is 20.2 Å². The van der Waals surface area contributed by atoms with Crippen molar-refractivity contribution in [2.24, 2.45) is 0 Å². The fraction of sp³-hybridized carbons (Fsp3) is 0.0714. The average Bonchev–Trinajstić information content (AvgIpc) is 2.99. The topological polar surface area (TPSA) is 107 Å². The van der Waals surface area contributed by atoms with E-state index in [4.69, 9.17) is 0 Å². The highest BCUT2D eigenvalue weighted by Gasteiger charge is 2.16. The Labute approximate surface area is 133 Å². The molecule has 0 atom stereocenters. The molecule has 2 aromatic heterocycles. The molecule has 1 N–H and O–H groups in total. The van der Waals surface area contributed by atoms with Crippen molar-refractivity contribution in [3.63, 3.8) is 0 Å². The summed E-state index contributed by atoms with van der Waals surface area (Å²) in [6.45, 7) is 1.70. The van der Waals surface area contributed by atoms with Gasteiger partial charge in [-0.3, -0.25) is 24.1 Å². The lowest BCUT2D eigenvalue weighted by molar-refractivity contribution is -0.384. The Morgan fingerprint density at radius 2 is 2.22 bits per heavy atom. The Kier molecular flexibility index (Phi) is 3.62. The lowest BCUT2D eigenvalue weighted by Gasteiger charge is -2.08. The first-order valence-corrected chi connectivity index (χ1v) is 7.36. The van der Waals surface area contributed by atoms with E-state index in [0.29, 0.717) is 10.5 Å². The van der Waals surface area contributed by atoms with Gasteiger partial charge in [0.25, 0.3) is 17.2 Å². The summed E-state index contributed by atoms with van der Waals surface area (Å²) < 4.78 is 1.28. The van der Waals surface area contributed by atoms with Gasteiger partial charge in [-0.05, 0) is 12.5 Å². The van der Waals surface area contributed by atoms with Crippen molar-refractivity contribution in [1.29, 1.82) is 0 Å². The molecule has 0 unspecified atom stereocenters. The number of hydrogen-bond donors (Lipinski definition) is 1. The summed E-state index contributed by atoms with van der Waals surface area (Å²) in [6, 6.07) is 4.13. The molecule has 3 aromatic rings. The highest BCUT2D eigenvalue weighted by Crippen LogP contribution is 2.22. The number of rotatable bonds is 3. The molecule has 1 amide bonds. The van der Waals surface area contributed by atoms with Gasteiger partial charge in [-0.15, -0.1) is 11.3 Å². The summed E-state index contributed by atoms with van der Waals surface area (Å²) in [6.07, 6.45) is 2.74. The Bertz CT molecular complexity index is 992. The second-order valence-electron chi connectivity index (χ2n) is 4.74. The number of aromatic nitrogens is 2. The van der Waals surface area contributed by atoms with Crippen molar-refractivity contribution in [2.75, 3.05) is 5.32 Å². The van der Waals surface area contributed by atoms with E-state index in [2.05, 4.69) is 10.3 Å². The van der Waals surface area contributed by atoms with E-state index in [1.807, 2.05) is 0 Å². The maximum absolute atomic E-state index is 12.3. The van der Waals surface area contributed by atoms with Gasteiger partial charge < -0.3 is 5.32 Å². The molecule has 0 bridgehead atoms. The first-order chi connectivity index (χ1) is 11.0. The number of aryl methyl sites for hydroxylation is 1. The minimum absolute atomic E-state index is 0.133. The monoisotopic (exact) mass is 330 g/mol. The number of nitrogens with zero attached hydrogens (tertiary/aromatic N) is 3. The van der Waals surface area contributed by atoms with E-state index in [1.54, 1.807) is 12.3 Å². The molecule has 0 saturated heterocycles. The van der Waals surface area contributed by atoms with Crippen molar-refractivity contribution < 1.29 is 9.72 Å². The molecular formula is C14H10N4O4S. The van der Waals surface area contributed by atoms with E-state index in [-0.39, 0.29) is 16.9 Å². The highest BCUT2D eigenvalue weighted by molar-refractivity contribution is 7.15. The van der Waals surface area contributed by atoms with Gasteiger partial charge in [0.15, 0.2) is 4.96 Å². The Morgan fingerprint density at radius 1 is 1.43 bits per heavy atom. The number of carbonyl (C=O) groups excluding carboxylic acids is 1. The minimum atomic E-state index is -0.660. The summed E-state index contributed by atoms with van der Waals surface area (Å²) in [4.78, 5) is 39.3. The third-order valence-electron chi connectivity index (χ3n) is 3.27. The highest BCUT2D eigenvalue weighted by atomic mass is 32.1. The summed E-state index contributed by atoms with van der Waals surface area (Å²) in [7, 11) is 0. The van der Waals surface area contributed by atoms with Gasteiger partial charge in [0, 0.05) is 29.9 Å². The van der Waals surface area contributed by atoms with Crippen LogP contribution in [0.25, 0.3) is 4.96 Å². The van der Waals surface area contributed by atoms with E-state index < -0.39 is 16.4 Å². The van der Waals surface area contributed by atoms with Crippen LogP contribution in [0.3, 0.4) is 0 Å².